The monoisotopic (exact) mass is 375 g/mol. The van der Waals surface area contributed by atoms with Crippen LogP contribution in [0.2, 0.25) is 5.02 Å². The molecule has 26 heavy (non-hydrogen) atoms. The highest BCUT2D eigenvalue weighted by Crippen LogP contribution is 2.33. The van der Waals surface area contributed by atoms with Gasteiger partial charge in [-0.2, -0.15) is 4.98 Å². The summed E-state index contributed by atoms with van der Waals surface area (Å²) in [6.45, 7) is 1.81. The molecule has 1 aliphatic rings. The van der Waals surface area contributed by atoms with E-state index in [2.05, 4.69) is 15.0 Å². The van der Waals surface area contributed by atoms with Crippen LogP contribution in [0.25, 0.3) is 0 Å². The fourth-order valence-electron chi connectivity index (χ4n) is 2.30. The van der Waals surface area contributed by atoms with E-state index < -0.39 is 0 Å². The normalized spacial score (nSPS) is 16.4. The number of halogens is 2. The third kappa shape index (κ3) is 4.70. The number of aromatic nitrogens is 2. The van der Waals surface area contributed by atoms with Crippen LogP contribution in [0.1, 0.15) is 31.4 Å². The lowest BCUT2D eigenvalue weighted by Crippen LogP contribution is -2.12. The van der Waals surface area contributed by atoms with Gasteiger partial charge in [-0.05, 0) is 49.5 Å². The molecule has 1 fully saturated rings. The number of hydrogen-bond donors (Lipinski definition) is 2. The van der Waals surface area contributed by atoms with Gasteiger partial charge in [0, 0.05) is 5.70 Å². The molecule has 2 aromatic rings. The first-order valence-corrected chi connectivity index (χ1v) is 8.56. The molecule has 6 nitrogen and oxygen atoms in total. The van der Waals surface area contributed by atoms with Crippen molar-refractivity contribution in [2.45, 2.75) is 25.9 Å². The van der Waals surface area contributed by atoms with Crippen LogP contribution in [0.5, 0.6) is 6.01 Å². The molecule has 1 unspecified atom stereocenters. The predicted molar refractivity (Wildman–Crippen MR) is 98.8 cm³/mol. The minimum atomic E-state index is -0.378. The van der Waals surface area contributed by atoms with Crippen molar-refractivity contribution in [3.8, 4) is 6.01 Å². The van der Waals surface area contributed by atoms with Gasteiger partial charge in [-0.1, -0.05) is 23.7 Å². The average molecular weight is 376 g/mol. The van der Waals surface area contributed by atoms with Crippen LogP contribution in [-0.2, 0) is 0 Å². The molecule has 0 spiro atoms. The summed E-state index contributed by atoms with van der Waals surface area (Å²) in [7, 11) is 0. The molecule has 1 atom stereocenters. The van der Waals surface area contributed by atoms with E-state index in [1.165, 1.54) is 18.3 Å². The first-order valence-electron chi connectivity index (χ1n) is 8.18. The van der Waals surface area contributed by atoms with E-state index in [0.29, 0.717) is 11.6 Å². The number of nitrogens with zero attached hydrogens (tertiary/aromatic N) is 3. The number of aliphatic imine (C=N–C) groups is 1. The van der Waals surface area contributed by atoms with Gasteiger partial charge in [-0.25, -0.2) is 14.4 Å². The highest BCUT2D eigenvalue weighted by atomic mass is 35.5. The summed E-state index contributed by atoms with van der Waals surface area (Å²) >= 11 is 6.09. The maximum Gasteiger partial charge on any atom is 0.319 e. The molecule has 1 saturated carbocycles. The van der Waals surface area contributed by atoms with Crippen LogP contribution in [0, 0.1) is 11.7 Å². The maximum atomic E-state index is 13.0. The molecule has 3 rings (SSSR count). The van der Waals surface area contributed by atoms with Gasteiger partial charge in [0.05, 0.1) is 6.20 Å². The molecular formula is C18H19ClFN5O. The van der Waals surface area contributed by atoms with Crippen molar-refractivity contribution in [1.29, 1.82) is 0 Å². The van der Waals surface area contributed by atoms with Crippen molar-refractivity contribution >= 4 is 23.3 Å². The molecule has 1 aromatic carbocycles. The Hall–Kier alpha value is -2.67. The zero-order chi connectivity index (χ0) is 18.7. The molecule has 1 aromatic heterocycles. The van der Waals surface area contributed by atoms with Gasteiger partial charge in [0.25, 0.3) is 0 Å². The van der Waals surface area contributed by atoms with E-state index in [0.717, 1.165) is 18.4 Å². The molecule has 136 valence electrons. The lowest BCUT2D eigenvalue weighted by atomic mass is 10.1. The van der Waals surface area contributed by atoms with Crippen molar-refractivity contribution in [3.63, 3.8) is 0 Å². The molecule has 1 aliphatic carbocycles. The van der Waals surface area contributed by atoms with Crippen LogP contribution < -0.4 is 16.2 Å². The molecule has 0 amide bonds. The van der Waals surface area contributed by atoms with Gasteiger partial charge in [0.15, 0.2) is 5.82 Å². The first-order chi connectivity index (χ1) is 12.4. The highest BCUT2D eigenvalue weighted by molar-refractivity contribution is 6.32. The Bertz CT molecular complexity index is 849. The summed E-state index contributed by atoms with van der Waals surface area (Å²) < 4.78 is 18.7. The van der Waals surface area contributed by atoms with Crippen molar-refractivity contribution in [1.82, 2.24) is 9.97 Å². The van der Waals surface area contributed by atoms with Crippen LogP contribution in [0.4, 0.5) is 10.2 Å². The topological polar surface area (TPSA) is 99.4 Å². The Morgan fingerprint density at radius 1 is 1.35 bits per heavy atom. The van der Waals surface area contributed by atoms with E-state index >= 15 is 0 Å². The zero-order valence-electron chi connectivity index (χ0n) is 14.2. The quantitative estimate of drug-likeness (QED) is 0.593. The van der Waals surface area contributed by atoms with Crippen molar-refractivity contribution < 1.29 is 9.13 Å². The second-order valence-corrected chi connectivity index (χ2v) is 6.50. The third-order valence-electron chi connectivity index (χ3n) is 3.92. The number of nitrogens with two attached hydrogens (primary N) is 2. The minimum absolute atomic E-state index is 0.0944. The number of allylic oxidation sites excluding steroid dienone is 1. The summed E-state index contributed by atoms with van der Waals surface area (Å²) in [5, 5.41) is 0.244. The second kappa shape index (κ2) is 7.70. The zero-order valence-corrected chi connectivity index (χ0v) is 14.9. The average Bonchev–Trinajstić information content (AvgIpc) is 3.43. The lowest BCUT2D eigenvalue weighted by Gasteiger charge is -2.13. The Kier molecular flexibility index (Phi) is 5.37. The maximum absolute atomic E-state index is 13.0. The third-order valence-corrected chi connectivity index (χ3v) is 4.19. The Labute approximate surface area is 155 Å². The van der Waals surface area contributed by atoms with Gasteiger partial charge in [0.2, 0.25) is 0 Å². The largest absolute Gasteiger partial charge is 0.456 e. The van der Waals surface area contributed by atoms with E-state index in [4.69, 9.17) is 27.8 Å². The summed E-state index contributed by atoms with van der Waals surface area (Å²) in [4.78, 5) is 12.4. The number of benzene rings is 1. The van der Waals surface area contributed by atoms with E-state index in [1.807, 2.05) is 6.92 Å². The van der Waals surface area contributed by atoms with E-state index in [9.17, 15) is 4.39 Å². The SMILES string of the molecule is CC(Oc1ncc(Cl)c(N=C(N)/C=C(\N)C2CC2)n1)c1ccc(F)cc1. The molecule has 1 heterocycles. The van der Waals surface area contributed by atoms with Crippen molar-refractivity contribution in [2.75, 3.05) is 0 Å². The number of hydrogen-bond acceptors (Lipinski definition) is 5. The van der Waals surface area contributed by atoms with Gasteiger partial charge in [-0.3, -0.25) is 0 Å². The summed E-state index contributed by atoms with van der Waals surface area (Å²) in [5.74, 6) is 0.488. The first kappa shape index (κ1) is 18.1. The second-order valence-electron chi connectivity index (χ2n) is 6.09. The Balaban J connectivity index is 1.76. The minimum Gasteiger partial charge on any atom is -0.456 e. The molecule has 0 aliphatic heterocycles. The number of ether oxygens (including phenoxy) is 1. The Morgan fingerprint density at radius 3 is 2.69 bits per heavy atom. The molecule has 8 heteroatoms. The Morgan fingerprint density at radius 2 is 2.04 bits per heavy atom. The summed E-state index contributed by atoms with van der Waals surface area (Å²) in [6.07, 6.45) is 4.78. The van der Waals surface area contributed by atoms with Gasteiger partial charge in [-0.15, -0.1) is 0 Å². The standard InChI is InChI=1S/C18H19ClFN5O/c1-10(11-4-6-13(20)7-5-11)26-18-23-9-14(19)17(25-18)24-16(22)8-15(21)12-2-3-12/h4-10,12H,2-3,21H2,1H3,(H2,22,23,24,25)/b15-8-. The van der Waals surface area contributed by atoms with Crippen LogP contribution >= 0.6 is 11.6 Å². The van der Waals surface area contributed by atoms with E-state index in [1.54, 1.807) is 18.2 Å². The smallest absolute Gasteiger partial charge is 0.319 e. The molecule has 0 saturated heterocycles. The number of rotatable bonds is 6. The molecule has 0 bridgehead atoms. The summed E-state index contributed by atoms with van der Waals surface area (Å²) in [5.41, 5.74) is 13.3. The predicted octanol–water partition coefficient (Wildman–Crippen LogP) is 3.65. The highest BCUT2D eigenvalue weighted by Gasteiger charge is 2.24. The molecule has 4 N–H and O–H groups in total. The van der Waals surface area contributed by atoms with Crippen LogP contribution in [-0.4, -0.2) is 15.8 Å². The van der Waals surface area contributed by atoms with Crippen molar-refractivity contribution in [2.24, 2.45) is 22.4 Å². The van der Waals surface area contributed by atoms with Crippen molar-refractivity contribution in [3.05, 3.63) is 58.6 Å². The van der Waals surface area contributed by atoms with Gasteiger partial charge in [0.1, 0.15) is 22.8 Å². The fourth-order valence-corrected chi connectivity index (χ4v) is 2.43. The van der Waals surface area contributed by atoms with E-state index in [-0.39, 0.29) is 34.6 Å². The van der Waals surface area contributed by atoms with Gasteiger partial charge >= 0.3 is 6.01 Å². The summed E-state index contributed by atoms with van der Waals surface area (Å²) in [6, 6.07) is 6.10. The lowest BCUT2D eigenvalue weighted by molar-refractivity contribution is 0.207. The fraction of sp³-hybridized carbons (Fsp3) is 0.278. The number of amidine groups is 1. The molecular weight excluding hydrogens is 357 g/mol. The van der Waals surface area contributed by atoms with Gasteiger partial charge < -0.3 is 16.2 Å². The molecule has 0 radical (unpaired) electrons. The van der Waals surface area contributed by atoms with Crippen LogP contribution in [0.15, 0.2) is 47.2 Å². The van der Waals surface area contributed by atoms with Crippen LogP contribution in [0.3, 0.4) is 0 Å².